The molecule has 1 N–H and O–H groups in total. The van der Waals surface area contributed by atoms with Crippen molar-refractivity contribution < 1.29 is 0 Å². The molecule has 0 atom stereocenters. The molecule has 2 heterocycles. The number of hydrogen-bond donors (Lipinski definition) is 1. The van der Waals surface area contributed by atoms with Crippen LogP contribution in [0.1, 0.15) is 22.1 Å². The van der Waals surface area contributed by atoms with Crippen molar-refractivity contribution in [3.63, 3.8) is 0 Å². The molecule has 0 unspecified atom stereocenters. The van der Waals surface area contributed by atoms with E-state index in [1.54, 1.807) is 11.3 Å². The van der Waals surface area contributed by atoms with Gasteiger partial charge in [-0.2, -0.15) is 5.10 Å². The SMILES string of the molecule is CNCc1nc(Cn2nc(C)c(Br)c2C)cs1. The molecular formula is C11H15BrN4S. The lowest BCUT2D eigenvalue weighted by Gasteiger charge is -2.01. The molecule has 0 radical (unpaired) electrons. The topological polar surface area (TPSA) is 42.7 Å². The zero-order valence-electron chi connectivity index (χ0n) is 10.1. The number of aryl methyl sites for hydroxylation is 1. The molecule has 0 saturated heterocycles. The molecule has 0 aliphatic carbocycles. The Balaban J connectivity index is 2.16. The van der Waals surface area contributed by atoms with Crippen LogP contribution in [0.15, 0.2) is 9.85 Å². The molecule has 2 rings (SSSR count). The van der Waals surface area contributed by atoms with Crippen LogP contribution in [0.3, 0.4) is 0 Å². The monoisotopic (exact) mass is 314 g/mol. The van der Waals surface area contributed by atoms with E-state index in [9.17, 15) is 0 Å². The van der Waals surface area contributed by atoms with E-state index in [4.69, 9.17) is 0 Å². The average molecular weight is 315 g/mol. The Labute approximate surface area is 113 Å². The summed E-state index contributed by atoms with van der Waals surface area (Å²) in [7, 11) is 1.93. The van der Waals surface area contributed by atoms with Gasteiger partial charge in [-0.05, 0) is 36.8 Å². The van der Waals surface area contributed by atoms with Crippen molar-refractivity contribution in [1.82, 2.24) is 20.1 Å². The first-order chi connectivity index (χ1) is 8.11. The summed E-state index contributed by atoms with van der Waals surface area (Å²) in [6, 6.07) is 0. The molecule has 0 spiro atoms. The number of aromatic nitrogens is 3. The van der Waals surface area contributed by atoms with E-state index in [1.165, 1.54) is 0 Å². The lowest BCUT2D eigenvalue weighted by Crippen LogP contribution is -2.07. The summed E-state index contributed by atoms with van der Waals surface area (Å²) < 4.78 is 3.07. The van der Waals surface area contributed by atoms with Gasteiger partial charge in [0.2, 0.25) is 0 Å². The Morgan fingerprint density at radius 1 is 1.47 bits per heavy atom. The van der Waals surface area contributed by atoms with E-state index < -0.39 is 0 Å². The first kappa shape index (κ1) is 12.7. The molecule has 2 aromatic rings. The van der Waals surface area contributed by atoms with Crippen molar-refractivity contribution in [2.75, 3.05) is 7.05 Å². The van der Waals surface area contributed by atoms with Crippen LogP contribution in [-0.4, -0.2) is 21.8 Å². The van der Waals surface area contributed by atoms with Crippen molar-refractivity contribution in [3.05, 3.63) is 31.9 Å². The normalized spacial score (nSPS) is 11.1. The third-order valence-corrected chi connectivity index (χ3v) is 4.58. The number of thiazole rings is 1. The van der Waals surface area contributed by atoms with Gasteiger partial charge in [-0.3, -0.25) is 4.68 Å². The van der Waals surface area contributed by atoms with E-state index in [1.807, 2.05) is 18.7 Å². The highest BCUT2D eigenvalue weighted by molar-refractivity contribution is 9.10. The molecule has 0 aliphatic rings. The molecule has 92 valence electrons. The lowest BCUT2D eigenvalue weighted by molar-refractivity contribution is 0.646. The molecule has 0 amide bonds. The molecule has 0 aliphatic heterocycles. The fraction of sp³-hybridized carbons (Fsp3) is 0.455. The minimum Gasteiger partial charge on any atom is -0.314 e. The largest absolute Gasteiger partial charge is 0.314 e. The fourth-order valence-corrected chi connectivity index (χ4v) is 2.72. The first-order valence-electron chi connectivity index (χ1n) is 5.39. The van der Waals surface area contributed by atoms with Gasteiger partial charge in [-0.15, -0.1) is 11.3 Å². The maximum atomic E-state index is 4.56. The van der Waals surface area contributed by atoms with Gasteiger partial charge in [0.15, 0.2) is 0 Å². The minimum atomic E-state index is 0.735. The standard InChI is InChI=1S/C11H15BrN4S/c1-7-11(12)8(2)16(15-7)5-9-6-17-10(14-9)4-13-3/h6,13H,4-5H2,1-3H3. The highest BCUT2D eigenvalue weighted by atomic mass is 79.9. The number of hydrogen-bond acceptors (Lipinski definition) is 4. The second-order valence-electron chi connectivity index (χ2n) is 3.91. The summed E-state index contributed by atoms with van der Waals surface area (Å²) in [6.07, 6.45) is 0. The molecule has 0 bridgehead atoms. The zero-order valence-corrected chi connectivity index (χ0v) is 12.5. The van der Waals surface area contributed by atoms with E-state index in [2.05, 4.69) is 43.6 Å². The number of nitrogens with one attached hydrogen (secondary N) is 1. The molecule has 0 fully saturated rings. The third kappa shape index (κ3) is 2.75. The Bertz CT molecular complexity index is 518. The molecule has 4 nitrogen and oxygen atoms in total. The molecular weight excluding hydrogens is 300 g/mol. The smallest absolute Gasteiger partial charge is 0.107 e. The Kier molecular flexibility index (Phi) is 3.96. The van der Waals surface area contributed by atoms with Crippen LogP contribution < -0.4 is 5.32 Å². The average Bonchev–Trinajstić information content (AvgIpc) is 2.82. The van der Waals surface area contributed by atoms with Crippen molar-refractivity contribution >= 4 is 27.3 Å². The summed E-state index contributed by atoms with van der Waals surface area (Å²) in [5.74, 6) is 0. The van der Waals surface area contributed by atoms with Gasteiger partial charge in [0.25, 0.3) is 0 Å². The highest BCUT2D eigenvalue weighted by Gasteiger charge is 2.10. The number of rotatable bonds is 4. The highest BCUT2D eigenvalue weighted by Crippen LogP contribution is 2.21. The van der Waals surface area contributed by atoms with Gasteiger partial charge >= 0.3 is 0 Å². The second kappa shape index (κ2) is 5.29. The van der Waals surface area contributed by atoms with E-state index in [-0.39, 0.29) is 0 Å². The summed E-state index contributed by atoms with van der Waals surface area (Å²) >= 11 is 5.22. The van der Waals surface area contributed by atoms with Gasteiger partial charge in [0.1, 0.15) is 5.01 Å². The van der Waals surface area contributed by atoms with Crippen LogP contribution in [0.4, 0.5) is 0 Å². The zero-order chi connectivity index (χ0) is 12.4. The second-order valence-corrected chi connectivity index (χ2v) is 5.64. The van der Waals surface area contributed by atoms with Crippen LogP contribution in [0.2, 0.25) is 0 Å². The number of nitrogens with zero attached hydrogens (tertiary/aromatic N) is 3. The molecule has 2 aromatic heterocycles. The van der Waals surface area contributed by atoms with E-state index >= 15 is 0 Å². The van der Waals surface area contributed by atoms with Gasteiger partial charge in [-0.1, -0.05) is 0 Å². The van der Waals surface area contributed by atoms with Crippen molar-refractivity contribution in [2.45, 2.75) is 26.9 Å². The Morgan fingerprint density at radius 3 is 2.82 bits per heavy atom. The van der Waals surface area contributed by atoms with Gasteiger partial charge in [-0.25, -0.2) is 4.98 Å². The predicted molar refractivity (Wildman–Crippen MR) is 73.4 cm³/mol. The van der Waals surface area contributed by atoms with Crippen LogP contribution >= 0.6 is 27.3 Å². The van der Waals surface area contributed by atoms with Crippen molar-refractivity contribution in [3.8, 4) is 0 Å². The Morgan fingerprint density at radius 2 is 2.24 bits per heavy atom. The van der Waals surface area contributed by atoms with E-state index in [0.717, 1.165) is 39.7 Å². The van der Waals surface area contributed by atoms with Gasteiger partial charge in [0.05, 0.1) is 28.1 Å². The van der Waals surface area contributed by atoms with Crippen LogP contribution in [-0.2, 0) is 13.1 Å². The molecule has 6 heteroatoms. The lowest BCUT2D eigenvalue weighted by atomic mass is 10.4. The summed E-state index contributed by atoms with van der Waals surface area (Å²) in [5.41, 5.74) is 3.23. The van der Waals surface area contributed by atoms with E-state index in [0.29, 0.717) is 0 Å². The molecule has 0 aromatic carbocycles. The van der Waals surface area contributed by atoms with Crippen molar-refractivity contribution in [1.29, 1.82) is 0 Å². The van der Waals surface area contributed by atoms with Crippen LogP contribution in [0, 0.1) is 13.8 Å². The first-order valence-corrected chi connectivity index (χ1v) is 7.06. The minimum absolute atomic E-state index is 0.735. The fourth-order valence-electron chi connectivity index (χ4n) is 1.64. The van der Waals surface area contributed by atoms with Crippen molar-refractivity contribution in [2.24, 2.45) is 0 Å². The summed E-state index contributed by atoms with van der Waals surface area (Å²) in [6.45, 7) is 5.62. The third-order valence-electron chi connectivity index (χ3n) is 2.53. The van der Waals surface area contributed by atoms with Crippen LogP contribution in [0.5, 0.6) is 0 Å². The summed E-state index contributed by atoms with van der Waals surface area (Å²) in [4.78, 5) is 4.56. The van der Waals surface area contributed by atoms with Crippen LogP contribution in [0.25, 0.3) is 0 Å². The number of halogens is 1. The summed E-state index contributed by atoms with van der Waals surface area (Å²) in [5, 5.41) is 10.8. The maximum absolute atomic E-state index is 4.56. The quantitative estimate of drug-likeness (QED) is 0.942. The predicted octanol–water partition coefficient (Wildman–Crippen LogP) is 2.49. The maximum Gasteiger partial charge on any atom is 0.107 e. The molecule has 17 heavy (non-hydrogen) atoms. The molecule has 0 saturated carbocycles. The van der Waals surface area contributed by atoms with Gasteiger partial charge in [0, 0.05) is 11.9 Å². The van der Waals surface area contributed by atoms with Gasteiger partial charge < -0.3 is 5.32 Å². The Hall–Kier alpha value is -0.720.